The highest BCUT2D eigenvalue weighted by atomic mass is 127. The normalized spacial score (nSPS) is 17.4. The Balaban J connectivity index is 1.75. The summed E-state index contributed by atoms with van der Waals surface area (Å²) in [7, 11) is 0. The van der Waals surface area contributed by atoms with E-state index in [2.05, 4.69) is 30.3 Å². The van der Waals surface area contributed by atoms with Crippen LogP contribution in [0.2, 0.25) is 0 Å². The van der Waals surface area contributed by atoms with Crippen molar-refractivity contribution in [3.8, 4) is 0 Å². The fourth-order valence-electron chi connectivity index (χ4n) is 3.19. The van der Waals surface area contributed by atoms with E-state index in [4.69, 9.17) is 0 Å². The Morgan fingerprint density at radius 3 is 2.96 bits per heavy atom. The lowest BCUT2D eigenvalue weighted by Gasteiger charge is -2.09. The van der Waals surface area contributed by atoms with E-state index in [-0.39, 0.29) is 21.0 Å². The Kier molecular flexibility index (Phi) is 3.04. The van der Waals surface area contributed by atoms with Gasteiger partial charge >= 0.3 is 0 Å². The Labute approximate surface area is 143 Å². The fraction of sp³-hybridized carbons (Fsp3) is 0.176. The number of hydrogen-bond donors (Lipinski definition) is 0. The Hall–Kier alpha value is -2.09. The molecule has 114 valence electrons. The van der Waals surface area contributed by atoms with Crippen LogP contribution in [-0.4, -0.2) is 32.7 Å². The van der Waals surface area contributed by atoms with Crippen molar-refractivity contribution in [2.45, 2.75) is 12.8 Å². The lowest BCUT2D eigenvalue weighted by Crippen LogP contribution is -2.04. The average molecular weight is 415 g/mol. The zero-order valence-corrected chi connectivity index (χ0v) is 14.5. The molecule has 0 radical (unpaired) electrons. The van der Waals surface area contributed by atoms with Gasteiger partial charge in [-0.1, -0.05) is 6.07 Å². The van der Waals surface area contributed by atoms with Crippen LogP contribution < -0.4 is 0 Å². The van der Waals surface area contributed by atoms with Gasteiger partial charge < -0.3 is 3.11 Å². The summed E-state index contributed by atoms with van der Waals surface area (Å²) in [5.41, 5.74) is 5.99. The molecule has 0 amide bonds. The average Bonchev–Trinajstić information content (AvgIpc) is 3.29. The molecule has 0 atom stereocenters. The quantitative estimate of drug-likeness (QED) is 0.477. The van der Waals surface area contributed by atoms with Crippen molar-refractivity contribution in [3.05, 3.63) is 66.0 Å². The summed E-state index contributed by atoms with van der Waals surface area (Å²) in [6, 6.07) is 8.08. The van der Waals surface area contributed by atoms with Gasteiger partial charge in [0.15, 0.2) is 5.65 Å². The number of pyridine rings is 1. The van der Waals surface area contributed by atoms with E-state index in [1.54, 1.807) is 0 Å². The third-order valence-corrected chi connectivity index (χ3v) is 7.42. The van der Waals surface area contributed by atoms with Gasteiger partial charge in [0, 0.05) is 63.0 Å². The summed E-state index contributed by atoms with van der Waals surface area (Å²) in [5.74, 6) is 0. The Morgan fingerprint density at radius 1 is 1.09 bits per heavy atom. The molecule has 0 saturated carbocycles. The highest BCUT2D eigenvalue weighted by Crippen LogP contribution is 2.44. The summed E-state index contributed by atoms with van der Waals surface area (Å²) in [4.78, 5) is 9.16. The van der Waals surface area contributed by atoms with E-state index >= 15 is 0 Å². The third-order valence-electron chi connectivity index (χ3n) is 4.19. The van der Waals surface area contributed by atoms with E-state index in [1.165, 1.54) is 27.7 Å². The second kappa shape index (κ2) is 5.23. The first-order chi connectivity index (χ1) is 11.4. The molecule has 5 rings (SSSR count). The van der Waals surface area contributed by atoms with E-state index in [1.807, 2.05) is 41.4 Å². The molecule has 1 saturated heterocycles. The van der Waals surface area contributed by atoms with Crippen molar-refractivity contribution in [3.63, 3.8) is 0 Å². The van der Waals surface area contributed by atoms with Gasteiger partial charge in [-0.25, -0.2) is 9.50 Å². The molecule has 2 aliphatic heterocycles. The summed E-state index contributed by atoms with van der Waals surface area (Å²) in [5, 5.41) is 4.49. The highest BCUT2D eigenvalue weighted by Gasteiger charge is 2.32. The molecule has 0 unspecified atom stereocenters. The number of allylic oxidation sites excluding steroid dienone is 2. The van der Waals surface area contributed by atoms with Crippen LogP contribution in [0.3, 0.4) is 0 Å². The SMILES string of the molecule is c1ccc(C2=IN3CCCC3=C2c2cnn3cccnc23)nc1. The van der Waals surface area contributed by atoms with Crippen molar-refractivity contribution in [1.82, 2.24) is 22.7 Å². The standard InChI is InChI=1S/C17H14IN5/c1-2-7-19-13(5-1)16-15(14-6-3-9-22(14)18-16)12-11-21-23-10-4-8-20-17(12)23/h1-2,4-5,7-8,10-11H,3,6,9H2. The smallest absolute Gasteiger partial charge is 0.162 e. The van der Waals surface area contributed by atoms with Crippen molar-refractivity contribution in [2.24, 2.45) is 0 Å². The molecule has 2 aliphatic rings. The topological polar surface area (TPSA) is 46.3 Å². The predicted molar refractivity (Wildman–Crippen MR) is 98.2 cm³/mol. The number of aromatic nitrogens is 4. The molecule has 0 N–H and O–H groups in total. The zero-order chi connectivity index (χ0) is 15.2. The molecule has 6 heteroatoms. The van der Waals surface area contributed by atoms with Gasteiger partial charge in [-0.15, -0.1) is 0 Å². The molecule has 0 spiro atoms. The first kappa shape index (κ1) is 13.4. The minimum atomic E-state index is -0.201. The molecular formula is C17H14IN5. The van der Waals surface area contributed by atoms with Crippen LogP contribution in [0, 0.1) is 0 Å². The van der Waals surface area contributed by atoms with Crippen LogP contribution in [0.25, 0.3) is 11.2 Å². The fourth-order valence-corrected chi connectivity index (χ4v) is 6.54. The maximum Gasteiger partial charge on any atom is 0.162 e. The van der Waals surface area contributed by atoms with Gasteiger partial charge in [0.25, 0.3) is 0 Å². The minimum Gasteiger partial charge on any atom is -0.323 e. The summed E-state index contributed by atoms with van der Waals surface area (Å²) in [6.07, 6.45) is 10.0. The molecule has 1 fully saturated rings. The minimum absolute atomic E-state index is 0.201. The van der Waals surface area contributed by atoms with Crippen LogP contribution in [-0.2, 0) is 0 Å². The van der Waals surface area contributed by atoms with E-state index in [0.29, 0.717) is 0 Å². The second-order valence-electron chi connectivity index (χ2n) is 5.57. The summed E-state index contributed by atoms with van der Waals surface area (Å²) < 4.78 is 5.85. The molecule has 23 heavy (non-hydrogen) atoms. The van der Waals surface area contributed by atoms with Crippen LogP contribution in [0.4, 0.5) is 0 Å². The summed E-state index contributed by atoms with van der Waals surface area (Å²) >= 11 is -0.201. The molecule has 0 bridgehead atoms. The number of halogens is 1. The molecular weight excluding hydrogens is 401 g/mol. The van der Waals surface area contributed by atoms with Gasteiger partial charge in [0.1, 0.15) is 0 Å². The van der Waals surface area contributed by atoms with E-state index in [0.717, 1.165) is 23.3 Å². The first-order valence-corrected chi connectivity index (χ1v) is 9.69. The molecule has 3 aromatic heterocycles. The lowest BCUT2D eigenvalue weighted by molar-refractivity contribution is 0.712. The predicted octanol–water partition coefficient (Wildman–Crippen LogP) is 3.05. The molecule has 5 heterocycles. The van der Waals surface area contributed by atoms with Crippen molar-refractivity contribution in [1.29, 1.82) is 0 Å². The van der Waals surface area contributed by atoms with Crippen LogP contribution >= 0.6 is 21.0 Å². The van der Waals surface area contributed by atoms with Crippen molar-refractivity contribution in [2.75, 3.05) is 6.54 Å². The highest BCUT2D eigenvalue weighted by molar-refractivity contribution is 14.2. The maximum atomic E-state index is 4.61. The van der Waals surface area contributed by atoms with Gasteiger partial charge in [0.2, 0.25) is 0 Å². The monoisotopic (exact) mass is 415 g/mol. The van der Waals surface area contributed by atoms with Crippen LogP contribution in [0.15, 0.2) is 54.7 Å². The largest absolute Gasteiger partial charge is 0.323 e. The third kappa shape index (κ3) is 2.04. The Morgan fingerprint density at radius 2 is 2.04 bits per heavy atom. The van der Waals surface area contributed by atoms with E-state index < -0.39 is 0 Å². The number of nitrogens with zero attached hydrogens (tertiary/aromatic N) is 5. The van der Waals surface area contributed by atoms with Crippen LogP contribution in [0.5, 0.6) is 0 Å². The van der Waals surface area contributed by atoms with Gasteiger partial charge in [-0.3, -0.25) is 4.98 Å². The Bertz CT molecular complexity index is 957. The van der Waals surface area contributed by atoms with Crippen molar-refractivity contribution >= 4 is 35.7 Å². The number of hydrogen-bond acceptors (Lipinski definition) is 4. The number of fused-ring (bicyclic) bond motifs is 2. The van der Waals surface area contributed by atoms with Gasteiger partial charge in [-0.2, -0.15) is 5.10 Å². The maximum absolute atomic E-state index is 4.61. The van der Waals surface area contributed by atoms with Gasteiger partial charge in [-0.05, 0) is 31.0 Å². The summed E-state index contributed by atoms with van der Waals surface area (Å²) in [6.45, 7) is 1.18. The molecule has 5 nitrogen and oxygen atoms in total. The van der Waals surface area contributed by atoms with Crippen LogP contribution in [0.1, 0.15) is 24.1 Å². The molecule has 0 aliphatic carbocycles. The van der Waals surface area contributed by atoms with Gasteiger partial charge in [0.05, 0.1) is 15.4 Å². The molecule has 0 aromatic carbocycles. The van der Waals surface area contributed by atoms with Crippen molar-refractivity contribution < 1.29 is 0 Å². The first-order valence-electron chi connectivity index (χ1n) is 7.65. The lowest BCUT2D eigenvalue weighted by atomic mass is 10.00. The zero-order valence-electron chi connectivity index (χ0n) is 12.4. The number of rotatable bonds is 2. The molecule has 3 aromatic rings. The van der Waals surface area contributed by atoms with E-state index in [9.17, 15) is 0 Å². The second-order valence-corrected chi connectivity index (χ2v) is 8.30.